The zero-order valence-corrected chi connectivity index (χ0v) is 11.7. The molecule has 0 saturated heterocycles. The molecule has 1 amide bonds. The first kappa shape index (κ1) is 13.3. The highest BCUT2D eigenvalue weighted by Crippen LogP contribution is 2.11. The van der Waals surface area contributed by atoms with Gasteiger partial charge in [0.25, 0.3) is 5.91 Å². The molecule has 0 aliphatic carbocycles. The first-order chi connectivity index (χ1) is 9.08. The molecule has 0 spiro atoms. The number of carbonyl (C=O) groups excluding carboxylic acids is 1. The van der Waals surface area contributed by atoms with E-state index in [4.69, 9.17) is 0 Å². The maximum atomic E-state index is 12.1. The molecule has 0 atom stereocenters. The normalized spacial score (nSPS) is 10.3. The lowest BCUT2D eigenvalue weighted by atomic mass is 10.1. The highest BCUT2D eigenvalue weighted by molar-refractivity contribution is 5.95. The number of hydrogen-bond donors (Lipinski definition) is 1. The zero-order chi connectivity index (χ0) is 13.8. The van der Waals surface area contributed by atoms with Crippen LogP contribution in [0.5, 0.6) is 0 Å². The molecule has 0 aliphatic heterocycles. The van der Waals surface area contributed by atoms with Crippen LogP contribution in [0, 0.1) is 20.8 Å². The van der Waals surface area contributed by atoms with Crippen LogP contribution < -0.4 is 5.32 Å². The van der Waals surface area contributed by atoms with Gasteiger partial charge in [-0.1, -0.05) is 42.0 Å². The lowest BCUT2D eigenvalue weighted by Gasteiger charge is -2.10. The maximum absolute atomic E-state index is 12.1. The summed E-state index contributed by atoms with van der Waals surface area (Å²) in [5, 5.41) is 2.98. The molecular formula is C17H19NO. The third kappa shape index (κ3) is 3.22. The van der Waals surface area contributed by atoms with Gasteiger partial charge in [-0.25, -0.2) is 0 Å². The second-order valence-electron chi connectivity index (χ2n) is 4.93. The minimum Gasteiger partial charge on any atom is -0.348 e. The molecule has 2 aromatic rings. The van der Waals surface area contributed by atoms with Crippen LogP contribution in [0.25, 0.3) is 0 Å². The smallest absolute Gasteiger partial charge is 0.251 e. The van der Waals surface area contributed by atoms with Gasteiger partial charge >= 0.3 is 0 Å². The summed E-state index contributed by atoms with van der Waals surface area (Å²) in [4.78, 5) is 12.1. The van der Waals surface area contributed by atoms with Crippen LogP contribution in [-0.4, -0.2) is 5.91 Å². The van der Waals surface area contributed by atoms with Crippen molar-refractivity contribution >= 4 is 5.91 Å². The van der Waals surface area contributed by atoms with Gasteiger partial charge in [0.15, 0.2) is 0 Å². The fourth-order valence-electron chi connectivity index (χ4n) is 2.14. The molecule has 0 saturated carbocycles. The average molecular weight is 253 g/mol. The molecule has 0 heterocycles. The van der Waals surface area contributed by atoms with Crippen molar-refractivity contribution in [3.8, 4) is 0 Å². The SMILES string of the molecule is Cc1ccc(CNC(=O)c2ccccc2C)c(C)c1. The van der Waals surface area contributed by atoms with Crippen molar-refractivity contribution in [2.75, 3.05) is 0 Å². The van der Waals surface area contributed by atoms with Crippen LogP contribution in [0.1, 0.15) is 32.6 Å². The van der Waals surface area contributed by atoms with E-state index in [0.717, 1.165) is 16.7 Å². The standard InChI is InChI=1S/C17H19NO/c1-12-8-9-15(14(3)10-12)11-18-17(19)16-7-5-4-6-13(16)2/h4-10H,11H2,1-3H3,(H,18,19). The Kier molecular flexibility index (Phi) is 4.00. The Hall–Kier alpha value is -2.09. The molecule has 2 aromatic carbocycles. The van der Waals surface area contributed by atoms with E-state index in [1.807, 2.05) is 31.2 Å². The third-order valence-electron chi connectivity index (χ3n) is 3.33. The largest absolute Gasteiger partial charge is 0.348 e. The molecule has 1 N–H and O–H groups in total. The van der Waals surface area contributed by atoms with Crippen LogP contribution in [0.15, 0.2) is 42.5 Å². The van der Waals surface area contributed by atoms with Crippen LogP contribution in [0.2, 0.25) is 0 Å². The number of benzene rings is 2. The van der Waals surface area contributed by atoms with Gasteiger partial charge in [-0.2, -0.15) is 0 Å². The van der Waals surface area contributed by atoms with Crippen LogP contribution >= 0.6 is 0 Å². The van der Waals surface area contributed by atoms with Gasteiger partial charge in [-0.05, 0) is 43.5 Å². The highest BCUT2D eigenvalue weighted by atomic mass is 16.1. The van der Waals surface area contributed by atoms with Crippen molar-refractivity contribution in [3.05, 3.63) is 70.3 Å². The van der Waals surface area contributed by atoms with E-state index in [1.54, 1.807) is 0 Å². The fourth-order valence-corrected chi connectivity index (χ4v) is 2.14. The second kappa shape index (κ2) is 5.70. The molecule has 2 rings (SSSR count). The van der Waals surface area contributed by atoms with Crippen molar-refractivity contribution < 1.29 is 4.79 Å². The minimum absolute atomic E-state index is 0.0157. The first-order valence-corrected chi connectivity index (χ1v) is 6.48. The number of nitrogens with one attached hydrogen (secondary N) is 1. The summed E-state index contributed by atoms with van der Waals surface area (Å²) in [5.41, 5.74) is 5.36. The lowest BCUT2D eigenvalue weighted by molar-refractivity contribution is 0.0950. The highest BCUT2D eigenvalue weighted by Gasteiger charge is 2.08. The number of hydrogen-bond acceptors (Lipinski definition) is 1. The molecular weight excluding hydrogens is 234 g/mol. The van der Waals surface area contributed by atoms with E-state index >= 15 is 0 Å². The van der Waals surface area contributed by atoms with Gasteiger partial charge in [0.05, 0.1) is 0 Å². The minimum atomic E-state index is -0.0157. The molecule has 2 nitrogen and oxygen atoms in total. The Bertz CT molecular complexity index is 602. The number of rotatable bonds is 3. The van der Waals surface area contributed by atoms with E-state index in [2.05, 4.69) is 37.4 Å². The summed E-state index contributed by atoms with van der Waals surface area (Å²) in [7, 11) is 0. The first-order valence-electron chi connectivity index (χ1n) is 6.48. The quantitative estimate of drug-likeness (QED) is 0.890. The van der Waals surface area contributed by atoms with Gasteiger partial charge in [0, 0.05) is 12.1 Å². The Labute approximate surface area is 114 Å². The van der Waals surface area contributed by atoms with Crippen molar-refractivity contribution in [1.29, 1.82) is 0 Å². The topological polar surface area (TPSA) is 29.1 Å². The molecule has 0 fully saturated rings. The van der Waals surface area contributed by atoms with Crippen molar-refractivity contribution in [1.82, 2.24) is 5.32 Å². The van der Waals surface area contributed by atoms with E-state index in [0.29, 0.717) is 6.54 Å². The van der Waals surface area contributed by atoms with E-state index in [9.17, 15) is 4.79 Å². The van der Waals surface area contributed by atoms with Gasteiger partial charge in [-0.3, -0.25) is 4.79 Å². The van der Waals surface area contributed by atoms with E-state index in [1.165, 1.54) is 11.1 Å². The summed E-state index contributed by atoms with van der Waals surface area (Å²) in [6, 6.07) is 13.9. The van der Waals surface area contributed by atoms with Gasteiger partial charge in [0.1, 0.15) is 0 Å². The molecule has 0 aliphatic rings. The summed E-state index contributed by atoms with van der Waals surface area (Å²) >= 11 is 0. The maximum Gasteiger partial charge on any atom is 0.251 e. The van der Waals surface area contributed by atoms with Crippen molar-refractivity contribution in [3.63, 3.8) is 0 Å². The summed E-state index contributed by atoms with van der Waals surface area (Å²) in [6.07, 6.45) is 0. The predicted octanol–water partition coefficient (Wildman–Crippen LogP) is 3.54. The predicted molar refractivity (Wildman–Crippen MR) is 78.3 cm³/mol. The number of carbonyl (C=O) groups is 1. The number of amides is 1. The molecule has 98 valence electrons. The third-order valence-corrected chi connectivity index (χ3v) is 3.33. The Morgan fingerprint density at radius 2 is 1.74 bits per heavy atom. The van der Waals surface area contributed by atoms with E-state index < -0.39 is 0 Å². The van der Waals surface area contributed by atoms with Gasteiger partial charge in [0.2, 0.25) is 0 Å². The molecule has 0 unspecified atom stereocenters. The average Bonchev–Trinajstić information content (AvgIpc) is 2.38. The Morgan fingerprint density at radius 3 is 2.42 bits per heavy atom. The van der Waals surface area contributed by atoms with Crippen molar-refractivity contribution in [2.45, 2.75) is 27.3 Å². The molecule has 0 aromatic heterocycles. The van der Waals surface area contributed by atoms with Crippen molar-refractivity contribution in [2.24, 2.45) is 0 Å². The lowest BCUT2D eigenvalue weighted by Crippen LogP contribution is -2.23. The van der Waals surface area contributed by atoms with E-state index in [-0.39, 0.29) is 5.91 Å². The Morgan fingerprint density at radius 1 is 1.00 bits per heavy atom. The molecule has 19 heavy (non-hydrogen) atoms. The zero-order valence-electron chi connectivity index (χ0n) is 11.7. The molecule has 0 radical (unpaired) electrons. The van der Waals surface area contributed by atoms with Gasteiger partial charge in [-0.15, -0.1) is 0 Å². The second-order valence-corrected chi connectivity index (χ2v) is 4.93. The van der Waals surface area contributed by atoms with Crippen LogP contribution in [0.3, 0.4) is 0 Å². The number of aryl methyl sites for hydroxylation is 3. The molecule has 0 bridgehead atoms. The van der Waals surface area contributed by atoms with Crippen LogP contribution in [0.4, 0.5) is 0 Å². The fraction of sp³-hybridized carbons (Fsp3) is 0.235. The summed E-state index contributed by atoms with van der Waals surface area (Å²) in [6.45, 7) is 6.66. The Balaban J connectivity index is 2.07. The summed E-state index contributed by atoms with van der Waals surface area (Å²) in [5.74, 6) is -0.0157. The van der Waals surface area contributed by atoms with Gasteiger partial charge < -0.3 is 5.32 Å². The molecule has 2 heteroatoms. The van der Waals surface area contributed by atoms with Crippen LogP contribution in [-0.2, 0) is 6.54 Å². The summed E-state index contributed by atoms with van der Waals surface area (Å²) < 4.78 is 0. The monoisotopic (exact) mass is 253 g/mol.